The number of benzene rings is 1. The lowest BCUT2D eigenvalue weighted by atomic mass is 10.2. The normalized spacial score (nSPS) is 12.5. The number of phenolic OH excluding ortho intramolecular Hbond substituents is 1. The summed E-state index contributed by atoms with van der Waals surface area (Å²) in [5, 5.41) is 22.2. The molecule has 1 unspecified atom stereocenters. The number of hydrogen-bond acceptors (Lipinski definition) is 4. The Labute approximate surface area is 110 Å². The summed E-state index contributed by atoms with van der Waals surface area (Å²) < 4.78 is 5.66. The third-order valence-corrected chi connectivity index (χ3v) is 3.09. The highest BCUT2D eigenvalue weighted by Gasteiger charge is 2.08. The molecule has 0 heterocycles. The van der Waals surface area contributed by atoms with Gasteiger partial charge in [-0.15, -0.1) is 0 Å². The van der Waals surface area contributed by atoms with Crippen LogP contribution in [0.5, 0.6) is 11.5 Å². The first kappa shape index (κ1) is 14.3. The van der Waals surface area contributed by atoms with Gasteiger partial charge in [0.1, 0.15) is 0 Å². The zero-order chi connectivity index (χ0) is 12.8. The number of phenols is 1. The van der Waals surface area contributed by atoms with Gasteiger partial charge in [-0.3, -0.25) is 0 Å². The molecule has 1 atom stereocenters. The zero-order valence-corrected chi connectivity index (χ0v) is 11.6. The summed E-state index contributed by atoms with van der Waals surface area (Å²) in [6, 6.07) is 3.59. The van der Waals surface area contributed by atoms with Crippen LogP contribution in [-0.2, 0) is 6.54 Å². The van der Waals surface area contributed by atoms with E-state index in [1.807, 2.05) is 13.0 Å². The molecule has 0 aromatic heterocycles. The van der Waals surface area contributed by atoms with E-state index >= 15 is 0 Å². The summed E-state index contributed by atoms with van der Waals surface area (Å²) in [4.78, 5) is 0. The summed E-state index contributed by atoms with van der Waals surface area (Å²) in [6.45, 7) is 3.11. The Kier molecular flexibility index (Phi) is 5.74. The van der Waals surface area contributed by atoms with Gasteiger partial charge in [-0.2, -0.15) is 0 Å². The van der Waals surface area contributed by atoms with E-state index in [4.69, 9.17) is 4.74 Å². The second-order valence-electron chi connectivity index (χ2n) is 3.82. The van der Waals surface area contributed by atoms with Crippen molar-refractivity contribution in [2.24, 2.45) is 0 Å². The minimum atomic E-state index is -0.322. The molecule has 0 radical (unpaired) electrons. The SMILES string of the molecule is CCC(O)CNCc1cc(Br)c(O)c(OC)c1. The number of rotatable bonds is 6. The maximum Gasteiger partial charge on any atom is 0.172 e. The fourth-order valence-electron chi connectivity index (χ4n) is 1.41. The zero-order valence-electron chi connectivity index (χ0n) is 10.0. The number of hydrogen-bond donors (Lipinski definition) is 3. The fraction of sp³-hybridized carbons (Fsp3) is 0.500. The second kappa shape index (κ2) is 6.83. The summed E-state index contributed by atoms with van der Waals surface area (Å²) in [6.07, 6.45) is 0.410. The van der Waals surface area contributed by atoms with E-state index in [-0.39, 0.29) is 11.9 Å². The van der Waals surface area contributed by atoms with Crippen molar-refractivity contribution >= 4 is 15.9 Å². The van der Waals surface area contributed by atoms with Crippen molar-refractivity contribution in [2.45, 2.75) is 26.0 Å². The van der Waals surface area contributed by atoms with Crippen LogP contribution in [-0.4, -0.2) is 30.0 Å². The van der Waals surface area contributed by atoms with Gasteiger partial charge in [0.25, 0.3) is 0 Å². The van der Waals surface area contributed by atoms with Crippen molar-refractivity contribution in [3.63, 3.8) is 0 Å². The lowest BCUT2D eigenvalue weighted by molar-refractivity contribution is 0.167. The van der Waals surface area contributed by atoms with Crippen LogP contribution in [0.3, 0.4) is 0 Å². The summed E-state index contributed by atoms with van der Waals surface area (Å²) in [7, 11) is 1.51. The summed E-state index contributed by atoms with van der Waals surface area (Å²) >= 11 is 3.27. The standard InChI is InChI=1S/C12H18BrNO3/c1-3-9(15)7-14-6-8-4-10(13)12(16)11(5-8)17-2/h4-5,9,14-16H,3,6-7H2,1-2H3. The number of aromatic hydroxyl groups is 1. The number of halogens is 1. The first-order valence-corrected chi connectivity index (χ1v) is 6.32. The van der Waals surface area contributed by atoms with Crippen LogP contribution < -0.4 is 10.1 Å². The largest absolute Gasteiger partial charge is 0.503 e. The van der Waals surface area contributed by atoms with Crippen LogP contribution in [0.4, 0.5) is 0 Å². The summed E-state index contributed by atoms with van der Waals surface area (Å²) in [5.41, 5.74) is 0.981. The maximum atomic E-state index is 9.64. The van der Waals surface area contributed by atoms with Crippen LogP contribution in [0.25, 0.3) is 0 Å². The van der Waals surface area contributed by atoms with Crippen molar-refractivity contribution < 1.29 is 14.9 Å². The Balaban J connectivity index is 2.63. The van der Waals surface area contributed by atoms with Gasteiger partial charge >= 0.3 is 0 Å². The molecule has 4 nitrogen and oxygen atoms in total. The fourth-order valence-corrected chi connectivity index (χ4v) is 1.90. The molecule has 96 valence electrons. The van der Waals surface area contributed by atoms with Crippen LogP contribution in [0.1, 0.15) is 18.9 Å². The van der Waals surface area contributed by atoms with Crippen molar-refractivity contribution in [1.82, 2.24) is 5.32 Å². The van der Waals surface area contributed by atoms with Gasteiger partial charge in [-0.25, -0.2) is 0 Å². The summed E-state index contributed by atoms with van der Waals surface area (Å²) in [5.74, 6) is 0.539. The first-order chi connectivity index (χ1) is 8.08. The number of aliphatic hydroxyl groups excluding tert-OH is 1. The average Bonchev–Trinajstić information content (AvgIpc) is 2.33. The Bertz CT molecular complexity index is 371. The molecular weight excluding hydrogens is 286 g/mol. The minimum Gasteiger partial charge on any atom is -0.503 e. The third kappa shape index (κ3) is 4.18. The molecule has 3 N–H and O–H groups in total. The van der Waals surface area contributed by atoms with E-state index in [1.165, 1.54) is 7.11 Å². The van der Waals surface area contributed by atoms with E-state index in [9.17, 15) is 10.2 Å². The molecule has 0 spiro atoms. The first-order valence-electron chi connectivity index (χ1n) is 5.52. The highest BCUT2D eigenvalue weighted by atomic mass is 79.9. The Morgan fingerprint density at radius 1 is 1.47 bits per heavy atom. The minimum absolute atomic E-state index is 0.102. The van der Waals surface area contributed by atoms with E-state index < -0.39 is 0 Å². The molecule has 0 saturated carbocycles. The number of aliphatic hydroxyl groups is 1. The lowest BCUT2D eigenvalue weighted by Crippen LogP contribution is -2.25. The number of ether oxygens (including phenoxy) is 1. The Morgan fingerprint density at radius 3 is 2.76 bits per heavy atom. The van der Waals surface area contributed by atoms with Crippen LogP contribution in [0, 0.1) is 0 Å². The molecule has 17 heavy (non-hydrogen) atoms. The molecule has 5 heteroatoms. The van der Waals surface area contributed by atoms with Gasteiger partial charge in [-0.05, 0) is 40.0 Å². The van der Waals surface area contributed by atoms with E-state index in [1.54, 1.807) is 6.07 Å². The number of methoxy groups -OCH3 is 1. The van der Waals surface area contributed by atoms with Gasteiger partial charge in [0.05, 0.1) is 17.7 Å². The van der Waals surface area contributed by atoms with Gasteiger partial charge in [0.2, 0.25) is 0 Å². The van der Waals surface area contributed by atoms with Crippen LogP contribution in [0.15, 0.2) is 16.6 Å². The quantitative estimate of drug-likeness (QED) is 0.752. The van der Waals surface area contributed by atoms with Crippen LogP contribution in [0.2, 0.25) is 0 Å². The van der Waals surface area contributed by atoms with Gasteiger partial charge < -0.3 is 20.3 Å². The van der Waals surface area contributed by atoms with E-state index in [2.05, 4.69) is 21.2 Å². The van der Waals surface area contributed by atoms with Gasteiger partial charge in [0, 0.05) is 13.1 Å². The van der Waals surface area contributed by atoms with Crippen molar-refractivity contribution in [1.29, 1.82) is 0 Å². The van der Waals surface area contributed by atoms with Crippen molar-refractivity contribution in [3.8, 4) is 11.5 Å². The Hall–Kier alpha value is -0.780. The molecular formula is C12H18BrNO3. The molecule has 0 aliphatic heterocycles. The van der Waals surface area contributed by atoms with E-state index in [0.29, 0.717) is 23.3 Å². The maximum absolute atomic E-state index is 9.64. The average molecular weight is 304 g/mol. The van der Waals surface area contributed by atoms with Crippen LogP contribution >= 0.6 is 15.9 Å². The highest BCUT2D eigenvalue weighted by Crippen LogP contribution is 2.35. The molecule has 1 aromatic carbocycles. The lowest BCUT2D eigenvalue weighted by Gasteiger charge is -2.11. The van der Waals surface area contributed by atoms with Gasteiger partial charge in [0.15, 0.2) is 11.5 Å². The predicted molar refractivity (Wildman–Crippen MR) is 70.4 cm³/mol. The molecule has 0 fully saturated rings. The van der Waals surface area contributed by atoms with Crippen molar-refractivity contribution in [2.75, 3.05) is 13.7 Å². The molecule has 0 aliphatic rings. The smallest absolute Gasteiger partial charge is 0.172 e. The Morgan fingerprint density at radius 2 is 2.18 bits per heavy atom. The van der Waals surface area contributed by atoms with Gasteiger partial charge in [-0.1, -0.05) is 6.92 Å². The predicted octanol–water partition coefficient (Wildman–Crippen LogP) is 2.02. The molecule has 1 aromatic rings. The molecule has 0 saturated heterocycles. The highest BCUT2D eigenvalue weighted by molar-refractivity contribution is 9.10. The van der Waals surface area contributed by atoms with Crippen molar-refractivity contribution in [3.05, 3.63) is 22.2 Å². The molecule has 1 rings (SSSR count). The molecule has 0 bridgehead atoms. The monoisotopic (exact) mass is 303 g/mol. The third-order valence-electron chi connectivity index (χ3n) is 2.49. The molecule has 0 aliphatic carbocycles. The number of nitrogens with one attached hydrogen (secondary N) is 1. The van der Waals surface area contributed by atoms with E-state index in [0.717, 1.165) is 12.0 Å². The molecule has 0 amide bonds. The second-order valence-corrected chi connectivity index (χ2v) is 4.68. The topological polar surface area (TPSA) is 61.7 Å².